The van der Waals surface area contributed by atoms with E-state index in [9.17, 15) is 9.59 Å². The number of methoxy groups -OCH3 is 1. The Kier molecular flexibility index (Phi) is 5.22. The topological polar surface area (TPSA) is 80.6 Å². The summed E-state index contributed by atoms with van der Waals surface area (Å²) in [4.78, 5) is 24.2. The Labute approximate surface area is 150 Å². The first-order valence-electron chi connectivity index (χ1n) is 8.25. The fourth-order valence-electron chi connectivity index (χ4n) is 2.61. The van der Waals surface area contributed by atoms with Crippen molar-refractivity contribution in [1.82, 2.24) is 5.32 Å². The van der Waals surface area contributed by atoms with Gasteiger partial charge in [0.1, 0.15) is 17.4 Å². The molecule has 26 heavy (non-hydrogen) atoms. The van der Waals surface area contributed by atoms with Gasteiger partial charge in [0.05, 0.1) is 18.8 Å². The van der Waals surface area contributed by atoms with E-state index in [1.165, 1.54) is 12.3 Å². The number of benzene rings is 2. The smallest absolute Gasteiger partial charge is 0.242 e. The molecule has 0 aliphatic rings. The van der Waals surface area contributed by atoms with Gasteiger partial charge in [-0.25, -0.2) is 0 Å². The van der Waals surface area contributed by atoms with Crippen molar-refractivity contribution >= 4 is 22.6 Å². The highest BCUT2D eigenvalue weighted by molar-refractivity contribution is 5.86. The third kappa shape index (κ3) is 4.03. The van der Waals surface area contributed by atoms with Crippen LogP contribution in [0.2, 0.25) is 0 Å². The molecule has 2 N–H and O–H groups in total. The summed E-state index contributed by atoms with van der Waals surface area (Å²) in [5, 5.41) is 6.46. The molecule has 2 aromatic carbocycles. The van der Waals surface area contributed by atoms with Crippen LogP contribution in [0.15, 0.2) is 64.0 Å². The summed E-state index contributed by atoms with van der Waals surface area (Å²) in [6.07, 6.45) is 1.37. The molecule has 1 aromatic heterocycles. The average Bonchev–Trinajstić information content (AvgIpc) is 2.67. The van der Waals surface area contributed by atoms with Gasteiger partial charge in [0.15, 0.2) is 5.43 Å². The second-order valence-corrected chi connectivity index (χ2v) is 5.93. The monoisotopic (exact) mass is 352 g/mol. The number of hydrogen-bond donors (Lipinski definition) is 2. The van der Waals surface area contributed by atoms with Crippen molar-refractivity contribution in [3.05, 3.63) is 70.6 Å². The highest BCUT2D eigenvalue weighted by Crippen LogP contribution is 2.17. The molecule has 0 spiro atoms. The van der Waals surface area contributed by atoms with E-state index in [0.29, 0.717) is 23.2 Å². The first-order valence-corrected chi connectivity index (χ1v) is 8.25. The predicted molar refractivity (Wildman–Crippen MR) is 100 cm³/mol. The normalized spacial score (nSPS) is 11.8. The Morgan fingerprint density at radius 3 is 2.85 bits per heavy atom. The molecule has 0 saturated heterocycles. The van der Waals surface area contributed by atoms with Crippen LogP contribution in [-0.4, -0.2) is 19.1 Å². The maximum Gasteiger partial charge on any atom is 0.242 e. The molecule has 0 aliphatic heterocycles. The molecular formula is C20H20N2O4. The third-order valence-electron chi connectivity index (χ3n) is 4.04. The summed E-state index contributed by atoms with van der Waals surface area (Å²) in [7, 11) is 1.61. The van der Waals surface area contributed by atoms with Crippen molar-refractivity contribution in [3.8, 4) is 5.75 Å². The predicted octanol–water partition coefficient (Wildman–Crippen LogP) is 2.92. The molecule has 134 valence electrons. The molecule has 0 fully saturated rings. The van der Waals surface area contributed by atoms with Crippen LogP contribution in [0, 0.1) is 0 Å². The second kappa shape index (κ2) is 7.74. The van der Waals surface area contributed by atoms with Gasteiger partial charge in [-0.2, -0.15) is 0 Å². The van der Waals surface area contributed by atoms with Gasteiger partial charge in [-0.05, 0) is 42.8 Å². The summed E-state index contributed by atoms with van der Waals surface area (Å²) >= 11 is 0. The van der Waals surface area contributed by atoms with Gasteiger partial charge in [-0.15, -0.1) is 0 Å². The van der Waals surface area contributed by atoms with Gasteiger partial charge in [0.2, 0.25) is 5.91 Å². The second-order valence-electron chi connectivity index (χ2n) is 5.93. The Morgan fingerprint density at radius 2 is 2.04 bits per heavy atom. The van der Waals surface area contributed by atoms with E-state index < -0.39 is 6.04 Å². The maximum absolute atomic E-state index is 12.3. The van der Waals surface area contributed by atoms with Crippen molar-refractivity contribution in [1.29, 1.82) is 0 Å². The highest BCUT2D eigenvalue weighted by atomic mass is 16.5. The number of nitrogens with one attached hydrogen (secondary N) is 2. The lowest BCUT2D eigenvalue weighted by Gasteiger charge is -2.16. The minimum Gasteiger partial charge on any atom is -0.497 e. The maximum atomic E-state index is 12.3. The number of hydrogen-bond acceptors (Lipinski definition) is 5. The summed E-state index contributed by atoms with van der Waals surface area (Å²) in [6.45, 7) is 2.17. The Hall–Kier alpha value is -3.28. The number of amides is 1. The van der Waals surface area contributed by atoms with Crippen molar-refractivity contribution in [3.63, 3.8) is 0 Å². The Morgan fingerprint density at radius 1 is 1.19 bits per heavy atom. The van der Waals surface area contributed by atoms with E-state index in [1.54, 1.807) is 32.2 Å². The zero-order valence-electron chi connectivity index (χ0n) is 14.6. The first kappa shape index (κ1) is 17.5. The standard InChI is InChI=1S/C20H20N2O4/c1-13(20(24)21-12-14-4-3-5-16(10-14)25-2)22-15-6-7-19-17(11-15)18(23)8-9-26-19/h3-11,13,22H,12H2,1-2H3,(H,21,24). The molecule has 0 aliphatic carbocycles. The molecule has 1 heterocycles. The number of rotatable bonds is 6. The highest BCUT2D eigenvalue weighted by Gasteiger charge is 2.13. The minimum atomic E-state index is -0.464. The molecule has 1 amide bonds. The number of anilines is 1. The molecule has 3 aromatic rings. The van der Waals surface area contributed by atoms with Crippen LogP contribution in [-0.2, 0) is 11.3 Å². The van der Waals surface area contributed by atoms with Gasteiger partial charge in [0.25, 0.3) is 0 Å². The van der Waals surface area contributed by atoms with Crippen molar-refractivity contribution in [2.24, 2.45) is 0 Å². The molecule has 0 bridgehead atoms. The average molecular weight is 352 g/mol. The lowest BCUT2D eigenvalue weighted by Crippen LogP contribution is -2.37. The van der Waals surface area contributed by atoms with Crippen molar-refractivity contribution in [2.45, 2.75) is 19.5 Å². The lowest BCUT2D eigenvalue weighted by molar-refractivity contribution is -0.121. The van der Waals surface area contributed by atoms with Crippen molar-refractivity contribution < 1.29 is 13.9 Å². The molecule has 6 heteroatoms. The minimum absolute atomic E-state index is 0.120. The van der Waals surface area contributed by atoms with Gasteiger partial charge in [0, 0.05) is 18.3 Å². The van der Waals surface area contributed by atoms with Crippen LogP contribution in [0.1, 0.15) is 12.5 Å². The van der Waals surface area contributed by atoms with Crippen LogP contribution in [0.25, 0.3) is 11.0 Å². The quantitative estimate of drug-likeness (QED) is 0.713. The SMILES string of the molecule is COc1cccc(CNC(=O)C(C)Nc2ccc3occc(=O)c3c2)c1. The van der Waals surface area contributed by atoms with Crippen LogP contribution in [0.5, 0.6) is 5.75 Å². The molecule has 1 atom stereocenters. The van der Waals surface area contributed by atoms with Gasteiger partial charge >= 0.3 is 0 Å². The van der Waals surface area contributed by atoms with Crippen LogP contribution >= 0.6 is 0 Å². The van der Waals surface area contributed by atoms with Gasteiger partial charge in [-0.3, -0.25) is 9.59 Å². The van der Waals surface area contributed by atoms with E-state index in [1.807, 2.05) is 24.3 Å². The van der Waals surface area contributed by atoms with Gasteiger partial charge in [-0.1, -0.05) is 12.1 Å². The first-order chi connectivity index (χ1) is 12.6. The van der Waals surface area contributed by atoms with E-state index in [-0.39, 0.29) is 11.3 Å². The summed E-state index contributed by atoms with van der Waals surface area (Å²) < 4.78 is 10.5. The molecule has 1 unspecified atom stereocenters. The van der Waals surface area contributed by atoms with E-state index in [0.717, 1.165) is 11.3 Å². The van der Waals surface area contributed by atoms with E-state index >= 15 is 0 Å². The zero-order valence-corrected chi connectivity index (χ0v) is 14.6. The Bertz CT molecular complexity index is 981. The number of carbonyl (C=O) groups excluding carboxylic acids is 1. The van der Waals surface area contributed by atoms with E-state index in [4.69, 9.17) is 9.15 Å². The van der Waals surface area contributed by atoms with Gasteiger partial charge < -0.3 is 19.8 Å². The molecule has 0 saturated carbocycles. The molecular weight excluding hydrogens is 332 g/mol. The fourth-order valence-corrected chi connectivity index (χ4v) is 2.61. The fraction of sp³-hybridized carbons (Fsp3) is 0.200. The molecule has 6 nitrogen and oxygen atoms in total. The van der Waals surface area contributed by atoms with Crippen LogP contribution < -0.4 is 20.8 Å². The summed E-state index contributed by atoms with van der Waals surface area (Å²) in [5.41, 5.74) is 2.02. The molecule has 3 rings (SSSR count). The van der Waals surface area contributed by atoms with Crippen LogP contribution in [0.4, 0.5) is 5.69 Å². The van der Waals surface area contributed by atoms with Crippen molar-refractivity contribution in [2.75, 3.05) is 12.4 Å². The summed E-state index contributed by atoms with van der Waals surface area (Å²) in [6, 6.07) is 13.6. The summed E-state index contributed by atoms with van der Waals surface area (Å²) in [5.74, 6) is 0.603. The number of fused-ring (bicyclic) bond motifs is 1. The number of ether oxygens (including phenoxy) is 1. The lowest BCUT2D eigenvalue weighted by atomic mass is 10.2. The van der Waals surface area contributed by atoms with Crippen LogP contribution in [0.3, 0.4) is 0 Å². The van der Waals surface area contributed by atoms with E-state index in [2.05, 4.69) is 10.6 Å². The Balaban J connectivity index is 1.63. The number of carbonyl (C=O) groups is 1. The third-order valence-corrected chi connectivity index (χ3v) is 4.04. The zero-order chi connectivity index (χ0) is 18.5. The molecule has 0 radical (unpaired) electrons. The largest absolute Gasteiger partial charge is 0.497 e.